The summed E-state index contributed by atoms with van der Waals surface area (Å²) in [6.45, 7) is 2.82. The molecule has 0 aromatic heterocycles. The minimum absolute atomic E-state index is 0.150. The van der Waals surface area contributed by atoms with Crippen molar-refractivity contribution in [1.82, 2.24) is 0 Å². The van der Waals surface area contributed by atoms with Crippen molar-refractivity contribution < 1.29 is 10.2 Å². The Morgan fingerprint density at radius 3 is 2.79 bits per heavy atom. The molecule has 0 saturated carbocycles. The summed E-state index contributed by atoms with van der Waals surface area (Å²) in [6.07, 6.45) is 3.99. The van der Waals surface area contributed by atoms with Crippen molar-refractivity contribution in [3.63, 3.8) is 0 Å². The Hall–Kier alpha value is -0.770. The van der Waals surface area contributed by atoms with Gasteiger partial charge in [0.25, 0.3) is 0 Å². The largest absolute Gasteiger partial charge is 0.394 e. The van der Waals surface area contributed by atoms with Gasteiger partial charge in [0.05, 0.1) is 29.5 Å². The monoisotopic (exact) mass is 283 g/mol. The molecule has 2 rings (SSSR count). The van der Waals surface area contributed by atoms with Crippen LogP contribution in [0, 0.1) is 0 Å². The third kappa shape index (κ3) is 3.41. The lowest BCUT2D eigenvalue weighted by atomic mass is 10.1. The molecule has 0 radical (unpaired) electrons. The van der Waals surface area contributed by atoms with E-state index >= 15 is 0 Å². The molecule has 0 aliphatic carbocycles. The average molecular weight is 284 g/mol. The van der Waals surface area contributed by atoms with Gasteiger partial charge >= 0.3 is 0 Å². The molecule has 1 aliphatic heterocycles. The fourth-order valence-electron chi connectivity index (χ4n) is 2.70. The number of hydrogen-bond acceptors (Lipinski definition) is 3. The Kier molecular flexibility index (Phi) is 5.08. The Balaban J connectivity index is 2.28. The van der Waals surface area contributed by atoms with Gasteiger partial charge in [-0.1, -0.05) is 30.5 Å². The summed E-state index contributed by atoms with van der Waals surface area (Å²) in [6, 6.07) is 5.84. The summed E-state index contributed by atoms with van der Waals surface area (Å²) in [5.74, 6) is 0. The van der Waals surface area contributed by atoms with Gasteiger partial charge in [-0.2, -0.15) is 0 Å². The molecule has 0 amide bonds. The molecular weight excluding hydrogens is 262 g/mol. The van der Waals surface area contributed by atoms with Crippen LogP contribution >= 0.6 is 11.6 Å². The lowest BCUT2D eigenvalue weighted by Gasteiger charge is -2.31. The van der Waals surface area contributed by atoms with Crippen molar-refractivity contribution in [2.75, 3.05) is 18.1 Å². The minimum atomic E-state index is -0.510. The highest BCUT2D eigenvalue weighted by molar-refractivity contribution is 6.33. The molecule has 2 unspecified atom stereocenters. The quantitative estimate of drug-likeness (QED) is 0.896. The van der Waals surface area contributed by atoms with E-state index in [0.29, 0.717) is 5.02 Å². The molecule has 19 heavy (non-hydrogen) atoms. The Labute approximate surface area is 119 Å². The highest BCUT2D eigenvalue weighted by atomic mass is 35.5. The molecule has 1 saturated heterocycles. The summed E-state index contributed by atoms with van der Waals surface area (Å²) >= 11 is 6.35. The summed E-state index contributed by atoms with van der Waals surface area (Å²) in [4.78, 5) is 2.21. The smallest absolute Gasteiger partial charge is 0.0762 e. The van der Waals surface area contributed by atoms with Gasteiger partial charge in [0, 0.05) is 6.54 Å². The molecule has 1 heterocycles. The number of rotatable bonds is 3. The zero-order valence-corrected chi connectivity index (χ0v) is 12.1. The van der Waals surface area contributed by atoms with Crippen molar-refractivity contribution in [3.05, 3.63) is 28.8 Å². The minimum Gasteiger partial charge on any atom is -0.394 e. The molecule has 0 spiro atoms. The van der Waals surface area contributed by atoms with Gasteiger partial charge in [0.15, 0.2) is 0 Å². The van der Waals surface area contributed by atoms with E-state index in [2.05, 4.69) is 4.90 Å². The van der Waals surface area contributed by atoms with E-state index in [1.54, 1.807) is 6.92 Å². The van der Waals surface area contributed by atoms with Crippen molar-refractivity contribution in [3.8, 4) is 0 Å². The first-order valence-corrected chi connectivity index (χ1v) is 7.36. The van der Waals surface area contributed by atoms with Gasteiger partial charge in [-0.25, -0.2) is 0 Å². The van der Waals surface area contributed by atoms with Gasteiger partial charge in [0.1, 0.15) is 0 Å². The van der Waals surface area contributed by atoms with Crippen molar-refractivity contribution in [2.24, 2.45) is 0 Å². The standard InChI is InChI=1S/C15H22ClNO2/c1-11(19)12-6-7-15(14(16)9-12)17-8-4-2-3-5-13(17)10-18/h6-7,9,11,13,18-19H,2-5,8,10H2,1H3. The number of hydrogen-bond donors (Lipinski definition) is 2. The predicted molar refractivity (Wildman–Crippen MR) is 78.8 cm³/mol. The van der Waals surface area contributed by atoms with E-state index in [-0.39, 0.29) is 12.6 Å². The maximum atomic E-state index is 9.58. The normalized spacial score (nSPS) is 22.1. The molecule has 1 aromatic carbocycles. The average Bonchev–Trinajstić information content (AvgIpc) is 2.63. The first-order chi connectivity index (χ1) is 9.13. The number of anilines is 1. The van der Waals surface area contributed by atoms with E-state index < -0.39 is 6.10 Å². The van der Waals surface area contributed by atoms with Crippen LogP contribution in [0.15, 0.2) is 18.2 Å². The van der Waals surface area contributed by atoms with E-state index in [1.165, 1.54) is 6.42 Å². The van der Waals surface area contributed by atoms with Crippen molar-refractivity contribution in [2.45, 2.75) is 44.8 Å². The molecule has 1 aromatic rings. The van der Waals surface area contributed by atoms with Gasteiger partial charge in [-0.05, 0) is 37.5 Å². The van der Waals surface area contributed by atoms with E-state index in [4.69, 9.17) is 11.6 Å². The first-order valence-electron chi connectivity index (χ1n) is 6.98. The van der Waals surface area contributed by atoms with Crippen LogP contribution < -0.4 is 4.90 Å². The van der Waals surface area contributed by atoms with Gasteiger partial charge in [0.2, 0.25) is 0 Å². The zero-order chi connectivity index (χ0) is 13.8. The maximum absolute atomic E-state index is 9.58. The second-order valence-corrected chi connectivity index (χ2v) is 5.67. The summed E-state index contributed by atoms with van der Waals surface area (Å²) in [7, 11) is 0. The van der Waals surface area contributed by atoms with Crippen LogP contribution in [0.2, 0.25) is 5.02 Å². The molecule has 4 heteroatoms. The molecule has 1 aliphatic rings. The number of benzene rings is 1. The highest BCUT2D eigenvalue weighted by Gasteiger charge is 2.22. The highest BCUT2D eigenvalue weighted by Crippen LogP contribution is 2.32. The number of aliphatic hydroxyl groups excluding tert-OH is 2. The van der Waals surface area contributed by atoms with E-state index in [1.807, 2.05) is 18.2 Å². The Morgan fingerprint density at radius 2 is 2.16 bits per heavy atom. The Bertz CT molecular complexity index is 423. The van der Waals surface area contributed by atoms with Crippen LogP contribution in [0.25, 0.3) is 0 Å². The van der Waals surface area contributed by atoms with Crippen molar-refractivity contribution in [1.29, 1.82) is 0 Å². The molecule has 2 N–H and O–H groups in total. The topological polar surface area (TPSA) is 43.7 Å². The third-order valence-corrected chi connectivity index (χ3v) is 4.15. The van der Waals surface area contributed by atoms with E-state index in [9.17, 15) is 10.2 Å². The number of aliphatic hydroxyl groups is 2. The Morgan fingerprint density at radius 1 is 1.37 bits per heavy atom. The fourth-order valence-corrected chi connectivity index (χ4v) is 3.00. The third-order valence-electron chi connectivity index (χ3n) is 3.85. The van der Waals surface area contributed by atoms with Crippen LogP contribution in [-0.2, 0) is 0 Å². The summed E-state index contributed by atoms with van der Waals surface area (Å²) in [5.41, 5.74) is 1.79. The second kappa shape index (κ2) is 6.60. The summed E-state index contributed by atoms with van der Waals surface area (Å²) < 4.78 is 0. The lowest BCUT2D eigenvalue weighted by molar-refractivity contribution is 0.199. The summed E-state index contributed by atoms with van der Waals surface area (Å²) in [5, 5.41) is 19.8. The van der Waals surface area contributed by atoms with Gasteiger partial charge < -0.3 is 15.1 Å². The first kappa shape index (κ1) is 14.6. The van der Waals surface area contributed by atoms with Crippen LogP contribution in [-0.4, -0.2) is 29.4 Å². The van der Waals surface area contributed by atoms with E-state index in [0.717, 1.165) is 37.1 Å². The van der Waals surface area contributed by atoms with Crippen LogP contribution in [0.4, 0.5) is 5.69 Å². The number of nitrogens with zero attached hydrogens (tertiary/aromatic N) is 1. The molecular formula is C15H22ClNO2. The molecule has 3 nitrogen and oxygen atoms in total. The van der Waals surface area contributed by atoms with Gasteiger partial charge in [-0.3, -0.25) is 0 Å². The van der Waals surface area contributed by atoms with Crippen LogP contribution in [0.1, 0.15) is 44.3 Å². The SMILES string of the molecule is CC(O)c1ccc(N2CCCCCC2CO)c(Cl)c1. The maximum Gasteiger partial charge on any atom is 0.0762 e. The molecule has 106 valence electrons. The fraction of sp³-hybridized carbons (Fsp3) is 0.600. The predicted octanol–water partition coefficient (Wildman–Crippen LogP) is 3.13. The molecule has 1 fully saturated rings. The van der Waals surface area contributed by atoms with Crippen LogP contribution in [0.5, 0.6) is 0 Å². The molecule has 2 atom stereocenters. The zero-order valence-electron chi connectivity index (χ0n) is 11.3. The van der Waals surface area contributed by atoms with Crippen LogP contribution in [0.3, 0.4) is 0 Å². The molecule has 0 bridgehead atoms. The van der Waals surface area contributed by atoms with Crippen molar-refractivity contribution >= 4 is 17.3 Å². The number of halogens is 1. The second-order valence-electron chi connectivity index (χ2n) is 5.27. The van der Waals surface area contributed by atoms with Gasteiger partial charge in [-0.15, -0.1) is 0 Å². The lowest BCUT2D eigenvalue weighted by Crippen LogP contribution is -2.37.